The molecule has 1 atom stereocenters. The Morgan fingerprint density at radius 3 is 2.59 bits per heavy atom. The van der Waals surface area contributed by atoms with Crippen LogP contribution in [0.3, 0.4) is 0 Å². The third-order valence-corrected chi connectivity index (χ3v) is 5.58. The molecule has 1 N–H and O–H groups in total. The predicted molar refractivity (Wildman–Crippen MR) is 114 cm³/mol. The minimum atomic E-state index is 0.231. The average molecular weight is 391 g/mol. The Balaban J connectivity index is 1.35. The van der Waals surface area contributed by atoms with Gasteiger partial charge in [0.2, 0.25) is 0 Å². The lowest BCUT2D eigenvalue weighted by molar-refractivity contribution is 0.312. The molecule has 29 heavy (non-hydrogen) atoms. The van der Waals surface area contributed by atoms with Gasteiger partial charge in [-0.2, -0.15) is 5.10 Å². The zero-order chi connectivity index (χ0) is 19.8. The molecule has 9 heteroatoms. The SMILES string of the molecule is CN1CCN(c2ccc(Nc3nccn4c(C5C=NN(C)C5)cnc34)cn2)CC1. The third kappa shape index (κ3) is 3.49. The first kappa shape index (κ1) is 17.9. The Labute approximate surface area is 169 Å². The van der Waals surface area contributed by atoms with Gasteiger partial charge in [0.1, 0.15) is 5.82 Å². The highest BCUT2D eigenvalue weighted by Crippen LogP contribution is 2.25. The monoisotopic (exact) mass is 391 g/mol. The van der Waals surface area contributed by atoms with Gasteiger partial charge in [-0.15, -0.1) is 0 Å². The second-order valence-electron chi connectivity index (χ2n) is 7.68. The number of hydrogen-bond acceptors (Lipinski definition) is 8. The predicted octanol–water partition coefficient (Wildman–Crippen LogP) is 1.63. The van der Waals surface area contributed by atoms with E-state index >= 15 is 0 Å². The first-order valence-corrected chi connectivity index (χ1v) is 9.91. The lowest BCUT2D eigenvalue weighted by Gasteiger charge is -2.33. The van der Waals surface area contributed by atoms with Gasteiger partial charge < -0.3 is 15.1 Å². The Hall–Kier alpha value is -3.20. The highest BCUT2D eigenvalue weighted by atomic mass is 15.4. The van der Waals surface area contributed by atoms with E-state index in [0.29, 0.717) is 0 Å². The largest absolute Gasteiger partial charge is 0.354 e. The molecule has 0 spiro atoms. The van der Waals surface area contributed by atoms with Crippen molar-refractivity contribution < 1.29 is 0 Å². The Morgan fingerprint density at radius 1 is 1.00 bits per heavy atom. The zero-order valence-electron chi connectivity index (χ0n) is 16.7. The number of likely N-dealkylation sites (N-methyl/N-ethyl adjacent to an activating group) is 2. The van der Waals surface area contributed by atoms with Crippen molar-refractivity contribution in [3.63, 3.8) is 0 Å². The fourth-order valence-electron chi connectivity index (χ4n) is 3.86. The van der Waals surface area contributed by atoms with Crippen LogP contribution < -0.4 is 10.2 Å². The first-order valence-electron chi connectivity index (χ1n) is 9.91. The minimum absolute atomic E-state index is 0.231. The second-order valence-corrected chi connectivity index (χ2v) is 7.68. The summed E-state index contributed by atoms with van der Waals surface area (Å²) in [4.78, 5) is 18.4. The van der Waals surface area contributed by atoms with Crippen molar-refractivity contribution in [3.8, 4) is 0 Å². The smallest absolute Gasteiger partial charge is 0.180 e. The molecule has 0 aliphatic carbocycles. The van der Waals surface area contributed by atoms with Crippen LogP contribution in [0.5, 0.6) is 0 Å². The van der Waals surface area contributed by atoms with E-state index in [1.165, 1.54) is 0 Å². The molecule has 3 aromatic rings. The van der Waals surface area contributed by atoms with Crippen molar-refractivity contribution in [2.75, 3.05) is 57.0 Å². The van der Waals surface area contributed by atoms with Crippen LogP contribution in [-0.4, -0.2) is 82.3 Å². The molecule has 2 aliphatic heterocycles. The molecule has 0 aromatic carbocycles. The topological polar surface area (TPSA) is 77.2 Å². The van der Waals surface area contributed by atoms with Crippen molar-refractivity contribution in [2.24, 2.45) is 5.10 Å². The second kappa shape index (κ2) is 7.32. The molecule has 3 aromatic heterocycles. The van der Waals surface area contributed by atoms with Gasteiger partial charge in [0, 0.05) is 58.4 Å². The lowest BCUT2D eigenvalue weighted by Crippen LogP contribution is -2.44. The molecule has 1 fully saturated rings. The number of rotatable bonds is 4. The fourth-order valence-corrected chi connectivity index (χ4v) is 3.86. The van der Waals surface area contributed by atoms with Gasteiger partial charge in [0.05, 0.1) is 29.7 Å². The van der Waals surface area contributed by atoms with Gasteiger partial charge in [-0.1, -0.05) is 0 Å². The number of hydrazone groups is 1. The maximum atomic E-state index is 4.65. The first-order chi connectivity index (χ1) is 14.2. The van der Waals surface area contributed by atoms with Crippen molar-refractivity contribution in [1.29, 1.82) is 0 Å². The van der Waals surface area contributed by atoms with E-state index < -0.39 is 0 Å². The summed E-state index contributed by atoms with van der Waals surface area (Å²) in [5.74, 6) is 1.97. The average Bonchev–Trinajstić information content (AvgIpc) is 3.36. The normalized spacial score (nSPS) is 20.0. The molecule has 0 radical (unpaired) electrons. The summed E-state index contributed by atoms with van der Waals surface area (Å²) < 4.78 is 2.08. The number of aromatic nitrogens is 4. The molecule has 9 nitrogen and oxygen atoms in total. The number of anilines is 3. The van der Waals surface area contributed by atoms with Crippen LogP contribution in [0.2, 0.25) is 0 Å². The van der Waals surface area contributed by atoms with E-state index in [-0.39, 0.29) is 5.92 Å². The number of nitrogens with one attached hydrogen (secondary N) is 1. The number of imidazole rings is 1. The van der Waals surface area contributed by atoms with Gasteiger partial charge in [-0.3, -0.25) is 9.41 Å². The molecule has 1 unspecified atom stereocenters. The number of piperazine rings is 1. The van der Waals surface area contributed by atoms with E-state index in [4.69, 9.17) is 0 Å². The highest BCUT2D eigenvalue weighted by Gasteiger charge is 2.21. The van der Waals surface area contributed by atoms with E-state index in [2.05, 4.69) is 52.7 Å². The van der Waals surface area contributed by atoms with Crippen molar-refractivity contribution in [3.05, 3.63) is 42.6 Å². The quantitative estimate of drug-likeness (QED) is 0.724. The molecule has 1 saturated heterocycles. The van der Waals surface area contributed by atoms with Gasteiger partial charge in [0.25, 0.3) is 0 Å². The van der Waals surface area contributed by atoms with Gasteiger partial charge in [0.15, 0.2) is 11.5 Å². The highest BCUT2D eigenvalue weighted by molar-refractivity contribution is 5.73. The van der Waals surface area contributed by atoms with Crippen LogP contribution in [0, 0.1) is 0 Å². The molecular formula is C20H25N9. The van der Waals surface area contributed by atoms with Gasteiger partial charge in [-0.05, 0) is 19.2 Å². The Bertz CT molecular complexity index is 1020. The van der Waals surface area contributed by atoms with E-state index in [1.807, 2.05) is 42.9 Å². The van der Waals surface area contributed by atoms with E-state index in [9.17, 15) is 0 Å². The molecular weight excluding hydrogens is 366 g/mol. The fraction of sp³-hybridized carbons (Fsp3) is 0.400. The molecule has 2 aliphatic rings. The van der Waals surface area contributed by atoms with Crippen LogP contribution in [0.25, 0.3) is 5.65 Å². The molecule has 0 amide bonds. The summed E-state index contributed by atoms with van der Waals surface area (Å²) in [7, 11) is 4.14. The molecule has 150 valence electrons. The van der Waals surface area contributed by atoms with Gasteiger partial charge >= 0.3 is 0 Å². The third-order valence-electron chi connectivity index (χ3n) is 5.58. The van der Waals surface area contributed by atoms with E-state index in [1.54, 1.807) is 6.20 Å². The van der Waals surface area contributed by atoms with Crippen LogP contribution in [0.4, 0.5) is 17.3 Å². The Morgan fingerprint density at radius 2 is 1.86 bits per heavy atom. The number of fused-ring (bicyclic) bond motifs is 1. The summed E-state index contributed by atoms with van der Waals surface area (Å²) in [6, 6.07) is 4.11. The zero-order valence-corrected chi connectivity index (χ0v) is 16.7. The maximum Gasteiger partial charge on any atom is 0.180 e. The van der Waals surface area contributed by atoms with Crippen molar-refractivity contribution in [1.82, 2.24) is 29.3 Å². The van der Waals surface area contributed by atoms with Crippen molar-refractivity contribution in [2.45, 2.75) is 5.92 Å². The summed E-state index contributed by atoms with van der Waals surface area (Å²) in [6.45, 7) is 5.01. The number of hydrogen-bond donors (Lipinski definition) is 1. The summed E-state index contributed by atoms with van der Waals surface area (Å²) in [5, 5.41) is 9.65. The molecule has 5 rings (SSSR count). The van der Waals surface area contributed by atoms with E-state index in [0.717, 1.165) is 61.4 Å². The van der Waals surface area contributed by atoms with Crippen LogP contribution in [-0.2, 0) is 0 Å². The van der Waals surface area contributed by atoms with Crippen molar-refractivity contribution >= 4 is 29.2 Å². The summed E-state index contributed by atoms with van der Waals surface area (Å²) in [5.41, 5.74) is 2.81. The Kier molecular flexibility index (Phi) is 4.51. The number of nitrogens with zero attached hydrogens (tertiary/aromatic N) is 8. The number of pyridine rings is 1. The summed E-state index contributed by atoms with van der Waals surface area (Å²) in [6.07, 6.45) is 9.48. The summed E-state index contributed by atoms with van der Waals surface area (Å²) >= 11 is 0. The molecule has 0 bridgehead atoms. The van der Waals surface area contributed by atoms with Crippen LogP contribution in [0.15, 0.2) is 42.0 Å². The maximum absolute atomic E-state index is 4.65. The van der Waals surface area contributed by atoms with Crippen LogP contribution in [0.1, 0.15) is 11.6 Å². The van der Waals surface area contributed by atoms with Crippen LogP contribution >= 0.6 is 0 Å². The molecule has 5 heterocycles. The molecule has 0 saturated carbocycles. The minimum Gasteiger partial charge on any atom is -0.354 e. The van der Waals surface area contributed by atoms with Gasteiger partial charge in [-0.25, -0.2) is 15.0 Å². The standard InChI is InChI=1S/C20H25N9/c1-26-7-9-28(10-8-26)18-4-3-16(12-22-18)25-19-20-23-13-17(29(20)6-5-21-19)15-11-24-27(2)14-15/h3-6,11-13,15H,7-10,14H2,1-2H3,(H,21,25). The lowest BCUT2D eigenvalue weighted by atomic mass is 10.1.